The number of hydrogen-bond donors (Lipinski definition) is 0. The van der Waals surface area contributed by atoms with Crippen LogP contribution in [0.25, 0.3) is 5.82 Å². The van der Waals surface area contributed by atoms with E-state index in [9.17, 15) is 4.79 Å². The lowest BCUT2D eigenvalue weighted by Crippen LogP contribution is -2.38. The van der Waals surface area contributed by atoms with Crippen molar-refractivity contribution in [1.29, 1.82) is 0 Å². The zero-order valence-corrected chi connectivity index (χ0v) is 14.6. The molecule has 136 valence electrons. The van der Waals surface area contributed by atoms with Crippen LogP contribution in [0.5, 0.6) is 0 Å². The second-order valence-electron chi connectivity index (χ2n) is 6.60. The largest absolute Gasteiger partial charge is 0.338 e. The smallest absolute Gasteiger partial charge is 0.266 e. The van der Waals surface area contributed by atoms with E-state index in [0.717, 1.165) is 25.9 Å². The molecule has 0 N–H and O–H groups in total. The Kier molecular flexibility index (Phi) is 4.61. The Morgan fingerprint density at radius 2 is 2.15 bits per heavy atom. The van der Waals surface area contributed by atoms with Crippen LogP contribution in [-0.4, -0.2) is 47.7 Å². The topological polar surface area (TPSA) is 94.9 Å². The molecule has 9 heteroatoms. The summed E-state index contributed by atoms with van der Waals surface area (Å²) in [5, 5.41) is 12.3. The lowest BCUT2D eigenvalue weighted by molar-refractivity contribution is 0.112. The zero-order chi connectivity index (χ0) is 17.9. The zero-order valence-electron chi connectivity index (χ0n) is 14.6. The van der Waals surface area contributed by atoms with Gasteiger partial charge in [-0.2, -0.15) is 10.1 Å². The molecule has 26 heavy (non-hydrogen) atoms. The fraction of sp³-hybridized carbons (Fsp3) is 0.471. The molecule has 0 spiro atoms. The Balaban J connectivity index is 1.40. The van der Waals surface area contributed by atoms with Gasteiger partial charge >= 0.3 is 0 Å². The molecular formula is C17H21N7O2. The van der Waals surface area contributed by atoms with Crippen LogP contribution >= 0.6 is 0 Å². The fourth-order valence-corrected chi connectivity index (χ4v) is 3.38. The van der Waals surface area contributed by atoms with Gasteiger partial charge in [-0.25, -0.2) is 9.36 Å². The minimum Gasteiger partial charge on any atom is -0.338 e. The number of aromatic nitrogens is 6. The number of nitrogens with zero attached hydrogens (tertiary/aromatic N) is 7. The van der Waals surface area contributed by atoms with Crippen LogP contribution in [0.4, 0.5) is 0 Å². The van der Waals surface area contributed by atoms with Crippen LogP contribution in [-0.2, 0) is 6.54 Å². The Bertz CT molecular complexity index is 880. The highest BCUT2D eigenvalue weighted by molar-refractivity contribution is 5.17. The van der Waals surface area contributed by atoms with Crippen LogP contribution < -0.4 is 5.56 Å². The average Bonchev–Trinajstić information content (AvgIpc) is 3.38. The van der Waals surface area contributed by atoms with Crippen molar-refractivity contribution in [3.63, 3.8) is 0 Å². The van der Waals surface area contributed by atoms with Gasteiger partial charge in [-0.05, 0) is 50.9 Å². The van der Waals surface area contributed by atoms with Crippen molar-refractivity contribution in [1.82, 2.24) is 34.6 Å². The number of piperidine rings is 1. The van der Waals surface area contributed by atoms with Crippen molar-refractivity contribution in [2.24, 2.45) is 5.92 Å². The number of likely N-dealkylation sites (tertiary alicyclic amines) is 1. The van der Waals surface area contributed by atoms with E-state index in [1.807, 2.05) is 12.3 Å². The summed E-state index contributed by atoms with van der Waals surface area (Å²) < 4.78 is 8.38. The van der Waals surface area contributed by atoms with Crippen molar-refractivity contribution < 1.29 is 4.52 Å². The third-order valence-corrected chi connectivity index (χ3v) is 4.96. The second kappa shape index (κ2) is 7.20. The van der Waals surface area contributed by atoms with Crippen molar-refractivity contribution in [3.8, 4) is 5.82 Å². The highest BCUT2D eigenvalue weighted by atomic mass is 16.5. The van der Waals surface area contributed by atoms with Crippen molar-refractivity contribution in [2.45, 2.75) is 32.4 Å². The van der Waals surface area contributed by atoms with Crippen LogP contribution in [0.15, 0.2) is 46.2 Å². The molecule has 0 amide bonds. The molecule has 0 saturated carbocycles. The number of hydrogen-bond acceptors (Lipinski definition) is 7. The summed E-state index contributed by atoms with van der Waals surface area (Å²) in [6.07, 6.45) is 6.94. The van der Waals surface area contributed by atoms with Crippen LogP contribution in [0, 0.1) is 5.92 Å². The standard InChI is InChI=1S/C17H21N7O2/c1-13(17-18-12-20-26-17)22-9-5-14(6-10-22)11-24-16(25)4-3-15(21-24)23-8-2-7-19-23/h2-4,7-8,12-14H,5-6,9-11H2,1H3. The van der Waals surface area contributed by atoms with Gasteiger partial charge in [0.15, 0.2) is 12.1 Å². The van der Waals surface area contributed by atoms with Crippen molar-refractivity contribution in [3.05, 3.63) is 53.2 Å². The summed E-state index contributed by atoms with van der Waals surface area (Å²) in [5.41, 5.74) is -0.0810. The predicted molar refractivity (Wildman–Crippen MR) is 92.6 cm³/mol. The second-order valence-corrected chi connectivity index (χ2v) is 6.60. The minimum atomic E-state index is -0.0810. The van der Waals surface area contributed by atoms with Crippen LogP contribution in [0.1, 0.15) is 31.7 Å². The summed E-state index contributed by atoms with van der Waals surface area (Å²) in [5.74, 6) is 1.71. The molecule has 1 saturated heterocycles. The summed E-state index contributed by atoms with van der Waals surface area (Å²) in [6, 6.07) is 5.19. The molecule has 3 aromatic heterocycles. The van der Waals surface area contributed by atoms with E-state index in [1.165, 1.54) is 6.33 Å². The van der Waals surface area contributed by atoms with Gasteiger partial charge in [-0.1, -0.05) is 5.16 Å². The van der Waals surface area contributed by atoms with E-state index < -0.39 is 0 Å². The third-order valence-electron chi connectivity index (χ3n) is 4.96. The predicted octanol–water partition coefficient (Wildman–Crippen LogP) is 1.29. The normalized spacial score (nSPS) is 17.4. The molecule has 1 aliphatic rings. The molecule has 4 heterocycles. The molecule has 1 unspecified atom stereocenters. The summed E-state index contributed by atoms with van der Waals surface area (Å²) >= 11 is 0. The maximum atomic E-state index is 12.2. The average molecular weight is 355 g/mol. The van der Waals surface area contributed by atoms with Gasteiger partial charge in [0.05, 0.1) is 6.04 Å². The minimum absolute atomic E-state index is 0.0810. The molecule has 4 rings (SSSR count). The van der Waals surface area contributed by atoms with Gasteiger partial charge in [-0.3, -0.25) is 9.69 Å². The molecule has 0 radical (unpaired) electrons. The highest BCUT2D eigenvalue weighted by Gasteiger charge is 2.26. The van der Waals surface area contributed by atoms with Crippen molar-refractivity contribution >= 4 is 0 Å². The molecule has 9 nitrogen and oxygen atoms in total. The Hall–Kier alpha value is -2.81. The first-order valence-corrected chi connectivity index (χ1v) is 8.79. The third kappa shape index (κ3) is 3.43. The molecule has 1 fully saturated rings. The summed E-state index contributed by atoms with van der Waals surface area (Å²) in [7, 11) is 0. The SMILES string of the molecule is CC(c1ncno1)N1CCC(Cn2nc(-n3cccn3)ccc2=O)CC1. The van der Waals surface area contributed by atoms with Crippen LogP contribution in [0.2, 0.25) is 0 Å². The van der Waals surface area contributed by atoms with Gasteiger partial charge in [0.1, 0.15) is 0 Å². The van der Waals surface area contributed by atoms with Gasteiger partial charge in [-0.15, -0.1) is 5.10 Å². The van der Waals surface area contributed by atoms with E-state index in [4.69, 9.17) is 4.52 Å². The summed E-state index contributed by atoms with van der Waals surface area (Å²) in [4.78, 5) is 18.6. The molecule has 0 aliphatic carbocycles. The highest BCUT2D eigenvalue weighted by Crippen LogP contribution is 2.25. The maximum absolute atomic E-state index is 12.2. The Labute approximate surface area is 150 Å². The molecule has 1 aliphatic heterocycles. The molecule has 0 bridgehead atoms. The Morgan fingerprint density at radius 1 is 1.31 bits per heavy atom. The maximum Gasteiger partial charge on any atom is 0.266 e. The van der Waals surface area contributed by atoms with E-state index >= 15 is 0 Å². The van der Waals surface area contributed by atoms with E-state index in [0.29, 0.717) is 24.2 Å². The van der Waals surface area contributed by atoms with E-state index in [-0.39, 0.29) is 11.6 Å². The Morgan fingerprint density at radius 3 is 2.85 bits per heavy atom. The van der Waals surface area contributed by atoms with Gasteiger partial charge in [0.2, 0.25) is 5.89 Å². The fourth-order valence-electron chi connectivity index (χ4n) is 3.38. The monoisotopic (exact) mass is 355 g/mol. The quantitative estimate of drug-likeness (QED) is 0.680. The van der Waals surface area contributed by atoms with Gasteiger partial charge in [0.25, 0.3) is 5.56 Å². The first kappa shape index (κ1) is 16.6. The summed E-state index contributed by atoms with van der Waals surface area (Å²) in [6.45, 7) is 4.56. The van der Waals surface area contributed by atoms with Crippen molar-refractivity contribution in [2.75, 3.05) is 13.1 Å². The molecular weight excluding hydrogens is 334 g/mol. The first-order chi connectivity index (χ1) is 12.7. The lowest BCUT2D eigenvalue weighted by Gasteiger charge is -2.34. The van der Waals surface area contributed by atoms with Gasteiger partial charge in [0, 0.05) is 25.0 Å². The van der Waals surface area contributed by atoms with Gasteiger partial charge < -0.3 is 4.52 Å². The molecule has 0 aromatic carbocycles. The van der Waals surface area contributed by atoms with Crippen LogP contribution in [0.3, 0.4) is 0 Å². The number of rotatable bonds is 5. The van der Waals surface area contributed by atoms with E-state index in [1.54, 1.807) is 27.7 Å². The molecule has 3 aromatic rings. The lowest BCUT2D eigenvalue weighted by atomic mass is 9.96. The first-order valence-electron chi connectivity index (χ1n) is 8.79. The van der Waals surface area contributed by atoms with E-state index in [2.05, 4.69) is 32.2 Å². The molecule has 1 atom stereocenters.